The van der Waals surface area contributed by atoms with Crippen molar-refractivity contribution in [2.24, 2.45) is 5.73 Å². The summed E-state index contributed by atoms with van der Waals surface area (Å²) in [6.07, 6.45) is 69.9. The van der Waals surface area contributed by atoms with Crippen molar-refractivity contribution in [3.63, 3.8) is 0 Å². The van der Waals surface area contributed by atoms with Gasteiger partial charge < -0.3 is 20.1 Å². The molecule has 0 amide bonds. The van der Waals surface area contributed by atoms with E-state index in [9.17, 15) is 19.0 Å². The van der Waals surface area contributed by atoms with E-state index in [0.29, 0.717) is 12.8 Å². The third-order valence-electron chi connectivity index (χ3n) is 12.1. The van der Waals surface area contributed by atoms with E-state index in [2.05, 4.69) is 80.7 Å². The fourth-order valence-corrected chi connectivity index (χ4v) is 8.67. The van der Waals surface area contributed by atoms with E-state index < -0.39 is 32.5 Å². The maximum atomic E-state index is 12.6. The van der Waals surface area contributed by atoms with Gasteiger partial charge in [-0.05, 0) is 77.0 Å². The molecule has 69 heavy (non-hydrogen) atoms. The largest absolute Gasteiger partial charge is 0.472 e. The number of ether oxygens (including phenoxy) is 2. The van der Waals surface area contributed by atoms with Gasteiger partial charge in [-0.15, -0.1) is 0 Å². The van der Waals surface area contributed by atoms with E-state index in [1.54, 1.807) is 0 Å². The normalized spacial score (nSPS) is 13.6. The van der Waals surface area contributed by atoms with Crippen LogP contribution in [0.25, 0.3) is 0 Å². The predicted octanol–water partition coefficient (Wildman–Crippen LogP) is 17.7. The summed E-state index contributed by atoms with van der Waals surface area (Å²) < 4.78 is 32.9. The zero-order valence-electron chi connectivity index (χ0n) is 44.5. The molecule has 0 aliphatic rings. The molecule has 0 aromatic heterocycles. The second-order valence-electron chi connectivity index (χ2n) is 18.8. The number of hydrogen-bond donors (Lipinski definition) is 2. The zero-order chi connectivity index (χ0) is 50.2. The Hall–Kier alpha value is -2.55. The van der Waals surface area contributed by atoms with Crippen LogP contribution in [0.4, 0.5) is 0 Å². The smallest absolute Gasteiger partial charge is 0.462 e. The van der Waals surface area contributed by atoms with Crippen LogP contribution in [0.3, 0.4) is 0 Å². The molecule has 0 aliphatic carbocycles. The standard InChI is InChI=1S/C59H106NO8P/c1-3-5-7-9-11-13-15-17-19-21-22-23-24-25-26-27-28-29-30-31-32-33-34-36-37-39-41-43-45-47-49-51-58(61)65-55-57(56-67-69(63,64)66-54-53-60)68-59(62)52-50-48-46-44-42-40-38-35-20-18-16-14-12-10-8-6-4-2/h6,8,12,14,18,20-22,38,40,44,46,57H,3-5,7,9-11,13,15-17,19,23-37,39,41-43,45,47-56,60H2,1-2H3,(H,63,64)/b8-6-,14-12-,20-18-,22-21-,40-38-,46-44-. The van der Waals surface area contributed by atoms with Crippen molar-refractivity contribution in [1.82, 2.24) is 0 Å². The number of carbonyl (C=O) groups is 2. The van der Waals surface area contributed by atoms with E-state index >= 15 is 0 Å². The molecule has 400 valence electrons. The minimum absolute atomic E-state index is 0.0423. The molecule has 0 saturated carbocycles. The molecule has 0 fully saturated rings. The Kier molecular flexibility index (Phi) is 52.8. The first-order valence-electron chi connectivity index (χ1n) is 28.4. The second kappa shape index (κ2) is 54.8. The predicted molar refractivity (Wildman–Crippen MR) is 293 cm³/mol. The molecule has 0 spiro atoms. The molecule has 0 saturated heterocycles. The lowest BCUT2D eigenvalue weighted by Crippen LogP contribution is -2.29. The summed E-state index contributed by atoms with van der Waals surface area (Å²) in [5, 5.41) is 0. The van der Waals surface area contributed by atoms with Crippen molar-refractivity contribution in [2.45, 2.75) is 264 Å². The lowest BCUT2D eigenvalue weighted by Gasteiger charge is -2.19. The summed E-state index contributed by atoms with van der Waals surface area (Å²) in [7, 11) is -4.40. The molecule has 0 radical (unpaired) electrons. The van der Waals surface area contributed by atoms with Gasteiger partial charge in [-0.2, -0.15) is 0 Å². The van der Waals surface area contributed by atoms with Gasteiger partial charge in [-0.3, -0.25) is 18.6 Å². The molecular weight excluding hydrogens is 882 g/mol. The van der Waals surface area contributed by atoms with Crippen molar-refractivity contribution in [3.05, 3.63) is 72.9 Å². The van der Waals surface area contributed by atoms with Gasteiger partial charge in [0.05, 0.1) is 13.2 Å². The Bertz CT molecular complexity index is 1360. The summed E-state index contributed by atoms with van der Waals surface area (Å²) in [4.78, 5) is 35.1. The van der Waals surface area contributed by atoms with Crippen LogP contribution < -0.4 is 5.73 Å². The fourth-order valence-electron chi connectivity index (χ4n) is 7.90. The third-order valence-corrected chi connectivity index (χ3v) is 13.1. The average Bonchev–Trinajstić information content (AvgIpc) is 3.34. The minimum Gasteiger partial charge on any atom is -0.462 e. The van der Waals surface area contributed by atoms with Gasteiger partial charge in [-0.25, -0.2) is 4.57 Å². The van der Waals surface area contributed by atoms with Crippen molar-refractivity contribution >= 4 is 19.8 Å². The topological polar surface area (TPSA) is 134 Å². The van der Waals surface area contributed by atoms with Crippen LogP contribution in [0.15, 0.2) is 72.9 Å². The van der Waals surface area contributed by atoms with Crippen LogP contribution in [0, 0.1) is 0 Å². The number of rotatable bonds is 53. The molecular formula is C59H106NO8P. The number of carbonyl (C=O) groups excluding carboxylic acids is 2. The summed E-state index contributed by atoms with van der Waals surface area (Å²) >= 11 is 0. The second-order valence-corrected chi connectivity index (χ2v) is 20.2. The van der Waals surface area contributed by atoms with Crippen LogP contribution in [0.5, 0.6) is 0 Å². The fraction of sp³-hybridized carbons (Fsp3) is 0.763. The molecule has 0 aromatic rings. The number of phosphoric ester groups is 1. The number of hydrogen-bond acceptors (Lipinski definition) is 8. The highest BCUT2D eigenvalue weighted by Crippen LogP contribution is 2.43. The van der Waals surface area contributed by atoms with E-state index in [1.165, 1.54) is 167 Å². The van der Waals surface area contributed by atoms with Gasteiger partial charge in [0.1, 0.15) is 6.61 Å². The summed E-state index contributed by atoms with van der Waals surface area (Å²) in [5.41, 5.74) is 5.37. The first kappa shape index (κ1) is 66.5. The Morgan fingerprint density at radius 1 is 0.449 bits per heavy atom. The maximum absolute atomic E-state index is 12.6. The number of phosphoric acid groups is 1. The van der Waals surface area contributed by atoms with Crippen LogP contribution in [-0.2, 0) is 32.7 Å². The molecule has 0 aromatic carbocycles. The first-order chi connectivity index (χ1) is 33.8. The lowest BCUT2D eigenvalue weighted by molar-refractivity contribution is -0.161. The Morgan fingerprint density at radius 3 is 1.25 bits per heavy atom. The van der Waals surface area contributed by atoms with E-state index in [1.807, 2.05) is 6.08 Å². The van der Waals surface area contributed by atoms with Crippen LogP contribution in [-0.4, -0.2) is 49.3 Å². The zero-order valence-corrected chi connectivity index (χ0v) is 45.4. The van der Waals surface area contributed by atoms with Crippen LogP contribution >= 0.6 is 7.82 Å². The van der Waals surface area contributed by atoms with Crippen molar-refractivity contribution < 1.29 is 37.6 Å². The summed E-state index contributed by atoms with van der Waals surface area (Å²) in [6.45, 7) is 3.58. The molecule has 9 nitrogen and oxygen atoms in total. The van der Waals surface area contributed by atoms with Gasteiger partial charge in [-0.1, -0.05) is 241 Å². The van der Waals surface area contributed by atoms with Gasteiger partial charge in [0, 0.05) is 19.4 Å². The van der Waals surface area contributed by atoms with Gasteiger partial charge >= 0.3 is 19.8 Å². The molecule has 2 atom stereocenters. The third kappa shape index (κ3) is 54.6. The maximum Gasteiger partial charge on any atom is 0.472 e. The number of esters is 2. The van der Waals surface area contributed by atoms with Crippen LogP contribution in [0.1, 0.15) is 258 Å². The van der Waals surface area contributed by atoms with Crippen molar-refractivity contribution in [1.29, 1.82) is 0 Å². The summed E-state index contributed by atoms with van der Waals surface area (Å²) in [5.74, 6) is -0.892. The molecule has 10 heteroatoms. The monoisotopic (exact) mass is 988 g/mol. The quantitative estimate of drug-likeness (QED) is 0.0264. The Balaban J connectivity index is 3.94. The first-order valence-corrected chi connectivity index (χ1v) is 29.9. The molecule has 0 heterocycles. The highest BCUT2D eigenvalue weighted by Gasteiger charge is 2.26. The lowest BCUT2D eigenvalue weighted by atomic mass is 10.0. The average molecular weight is 988 g/mol. The molecule has 0 bridgehead atoms. The number of allylic oxidation sites excluding steroid dienone is 12. The summed E-state index contributed by atoms with van der Waals surface area (Å²) in [6, 6.07) is 0. The molecule has 3 N–H and O–H groups in total. The molecule has 0 aliphatic heterocycles. The van der Waals surface area contributed by atoms with E-state index in [4.69, 9.17) is 24.3 Å². The molecule has 0 rings (SSSR count). The highest BCUT2D eigenvalue weighted by atomic mass is 31.2. The Morgan fingerprint density at radius 2 is 0.812 bits per heavy atom. The van der Waals surface area contributed by atoms with Crippen molar-refractivity contribution in [3.8, 4) is 0 Å². The van der Waals surface area contributed by atoms with E-state index in [-0.39, 0.29) is 32.6 Å². The van der Waals surface area contributed by atoms with Gasteiger partial charge in [0.2, 0.25) is 0 Å². The minimum atomic E-state index is -4.40. The van der Waals surface area contributed by atoms with E-state index in [0.717, 1.165) is 51.4 Å². The Labute approximate surface area is 424 Å². The van der Waals surface area contributed by atoms with Gasteiger partial charge in [0.25, 0.3) is 0 Å². The van der Waals surface area contributed by atoms with Crippen LogP contribution in [0.2, 0.25) is 0 Å². The highest BCUT2D eigenvalue weighted by molar-refractivity contribution is 7.47. The number of unbranched alkanes of at least 4 members (excludes halogenated alkanes) is 28. The van der Waals surface area contributed by atoms with Gasteiger partial charge in [0.15, 0.2) is 6.10 Å². The van der Waals surface area contributed by atoms with Crippen molar-refractivity contribution in [2.75, 3.05) is 26.4 Å². The molecule has 2 unspecified atom stereocenters. The SMILES string of the molecule is CC/C=C\C/C=C\C/C=C\C/C=C\C/C=C\CCCC(=O)OC(COC(=O)CCCCCCCCCCCCCCCCCCCCC/C=C\CCCCCCCCCC)COP(=O)(O)OCCN. The number of nitrogens with two attached hydrogens (primary N) is 1.